The zero-order chi connectivity index (χ0) is 20.8. The van der Waals surface area contributed by atoms with Gasteiger partial charge >= 0.3 is 6.18 Å². The number of alkyl halides is 3. The van der Waals surface area contributed by atoms with Gasteiger partial charge in [-0.15, -0.1) is 11.3 Å². The molecule has 1 atom stereocenters. The Labute approximate surface area is 177 Å². The number of aromatic nitrogens is 2. The molecule has 4 heterocycles. The Bertz CT molecular complexity index is 1040. The second-order valence-electron chi connectivity index (χ2n) is 8.54. The molecule has 2 saturated heterocycles. The number of hydrogen-bond acceptors (Lipinski definition) is 5. The summed E-state index contributed by atoms with van der Waals surface area (Å²) in [5.74, 6) is 0.781. The van der Waals surface area contributed by atoms with Gasteiger partial charge in [0.25, 0.3) is 0 Å². The second kappa shape index (κ2) is 7.50. The zero-order valence-corrected chi connectivity index (χ0v) is 17.3. The third-order valence-electron chi connectivity index (χ3n) is 6.24. The quantitative estimate of drug-likeness (QED) is 0.587. The van der Waals surface area contributed by atoms with Gasteiger partial charge in [-0.3, -0.25) is 4.90 Å². The fourth-order valence-electron chi connectivity index (χ4n) is 4.88. The van der Waals surface area contributed by atoms with Gasteiger partial charge < -0.3 is 4.90 Å². The highest BCUT2D eigenvalue weighted by Crippen LogP contribution is 2.43. The molecule has 0 unspecified atom stereocenters. The zero-order valence-electron chi connectivity index (χ0n) is 16.5. The second-order valence-corrected chi connectivity index (χ2v) is 9.65. The fourth-order valence-corrected chi connectivity index (χ4v) is 5.90. The van der Waals surface area contributed by atoms with Crippen molar-refractivity contribution < 1.29 is 13.2 Å². The highest BCUT2D eigenvalue weighted by atomic mass is 32.1. The van der Waals surface area contributed by atoms with Crippen molar-refractivity contribution in [1.82, 2.24) is 14.9 Å². The van der Waals surface area contributed by atoms with E-state index in [4.69, 9.17) is 0 Å². The van der Waals surface area contributed by atoms with Crippen LogP contribution in [0.15, 0.2) is 42.7 Å². The molecule has 5 rings (SSSR count). The lowest BCUT2D eigenvalue weighted by atomic mass is 9.86. The number of halogens is 3. The number of rotatable bonds is 4. The van der Waals surface area contributed by atoms with Crippen molar-refractivity contribution in [1.29, 1.82) is 0 Å². The third-order valence-corrected chi connectivity index (χ3v) is 7.28. The first-order valence-electron chi connectivity index (χ1n) is 10.2. The summed E-state index contributed by atoms with van der Waals surface area (Å²) in [7, 11) is 0. The number of thiophene rings is 1. The molecule has 2 aliphatic heterocycles. The molecule has 158 valence electrons. The molecule has 30 heavy (non-hydrogen) atoms. The SMILES string of the molecule is FC(F)(F)Cc1cc2c(N3CC[C@]4(CCN(Cc5ccccc5)C4)C3)ncnc2s1. The number of nitrogens with zero attached hydrogens (tertiary/aromatic N) is 4. The van der Waals surface area contributed by atoms with Crippen LogP contribution in [-0.4, -0.2) is 47.2 Å². The van der Waals surface area contributed by atoms with Crippen LogP contribution in [-0.2, 0) is 13.0 Å². The molecule has 0 radical (unpaired) electrons. The van der Waals surface area contributed by atoms with Crippen LogP contribution in [0.1, 0.15) is 23.3 Å². The molecule has 0 amide bonds. The van der Waals surface area contributed by atoms with Gasteiger partial charge in [-0.05, 0) is 31.0 Å². The topological polar surface area (TPSA) is 32.3 Å². The predicted molar refractivity (Wildman–Crippen MR) is 113 cm³/mol. The lowest BCUT2D eigenvalue weighted by Gasteiger charge is -2.25. The van der Waals surface area contributed by atoms with E-state index in [1.54, 1.807) is 6.07 Å². The summed E-state index contributed by atoms with van der Waals surface area (Å²) in [5.41, 5.74) is 1.56. The first kappa shape index (κ1) is 19.8. The summed E-state index contributed by atoms with van der Waals surface area (Å²) in [6.07, 6.45) is -1.41. The lowest BCUT2D eigenvalue weighted by molar-refractivity contribution is -0.126. The van der Waals surface area contributed by atoms with Crippen molar-refractivity contribution in [2.75, 3.05) is 31.1 Å². The standard InChI is InChI=1S/C22H23F3N4S/c23-22(24,25)11-17-10-18-19(26-15-27-20(18)30-17)29-9-7-21(14-29)6-8-28(13-21)12-16-4-2-1-3-5-16/h1-5,10,15H,6-9,11-14H2/t21-/m0/s1. The Morgan fingerprint density at radius 2 is 1.83 bits per heavy atom. The number of benzene rings is 1. The van der Waals surface area contributed by atoms with E-state index in [1.165, 1.54) is 11.9 Å². The summed E-state index contributed by atoms with van der Waals surface area (Å²) >= 11 is 1.12. The smallest absolute Gasteiger partial charge is 0.355 e. The summed E-state index contributed by atoms with van der Waals surface area (Å²) in [5, 5.41) is 0.748. The van der Waals surface area contributed by atoms with Crippen LogP contribution >= 0.6 is 11.3 Å². The molecule has 0 N–H and O–H groups in total. The monoisotopic (exact) mass is 432 g/mol. The third kappa shape index (κ3) is 4.03. The molecule has 0 saturated carbocycles. The van der Waals surface area contributed by atoms with Crippen LogP contribution in [0.5, 0.6) is 0 Å². The molecular formula is C22H23F3N4S. The summed E-state index contributed by atoms with van der Waals surface area (Å²) in [4.78, 5) is 14.4. The maximum Gasteiger partial charge on any atom is 0.393 e. The van der Waals surface area contributed by atoms with E-state index in [-0.39, 0.29) is 5.41 Å². The first-order valence-corrected chi connectivity index (χ1v) is 11.0. The van der Waals surface area contributed by atoms with Crippen molar-refractivity contribution >= 4 is 27.4 Å². The van der Waals surface area contributed by atoms with E-state index < -0.39 is 12.6 Å². The highest BCUT2D eigenvalue weighted by Gasteiger charge is 2.44. The van der Waals surface area contributed by atoms with Crippen molar-refractivity contribution in [2.24, 2.45) is 5.41 Å². The Hall–Kier alpha value is -2.19. The van der Waals surface area contributed by atoms with Gasteiger partial charge in [-0.25, -0.2) is 9.97 Å². The van der Waals surface area contributed by atoms with E-state index in [9.17, 15) is 13.2 Å². The minimum atomic E-state index is -4.21. The van der Waals surface area contributed by atoms with Crippen LogP contribution in [0.3, 0.4) is 0 Å². The van der Waals surface area contributed by atoms with E-state index in [2.05, 4.69) is 44.0 Å². The van der Waals surface area contributed by atoms with Gasteiger partial charge in [0.15, 0.2) is 0 Å². The van der Waals surface area contributed by atoms with E-state index in [0.29, 0.717) is 9.71 Å². The van der Waals surface area contributed by atoms with E-state index >= 15 is 0 Å². The van der Waals surface area contributed by atoms with Gasteiger partial charge in [0.2, 0.25) is 0 Å². The molecule has 2 fully saturated rings. The summed E-state index contributed by atoms with van der Waals surface area (Å²) < 4.78 is 38.5. The van der Waals surface area contributed by atoms with Crippen molar-refractivity contribution in [3.63, 3.8) is 0 Å². The van der Waals surface area contributed by atoms with Crippen molar-refractivity contribution in [3.8, 4) is 0 Å². The molecule has 0 bridgehead atoms. The maximum absolute atomic E-state index is 12.8. The highest BCUT2D eigenvalue weighted by molar-refractivity contribution is 7.18. The molecule has 4 nitrogen and oxygen atoms in total. The average molecular weight is 433 g/mol. The van der Waals surface area contributed by atoms with E-state index in [0.717, 1.165) is 68.1 Å². The summed E-state index contributed by atoms with van der Waals surface area (Å²) in [6.45, 7) is 4.88. The van der Waals surface area contributed by atoms with Crippen molar-refractivity contribution in [3.05, 3.63) is 53.2 Å². The van der Waals surface area contributed by atoms with Crippen LogP contribution in [0.2, 0.25) is 0 Å². The minimum absolute atomic E-state index is 0.233. The Morgan fingerprint density at radius 3 is 2.63 bits per heavy atom. The number of hydrogen-bond donors (Lipinski definition) is 0. The number of fused-ring (bicyclic) bond motifs is 1. The molecule has 8 heteroatoms. The number of likely N-dealkylation sites (tertiary alicyclic amines) is 1. The molecule has 0 aliphatic carbocycles. The molecule has 1 aromatic carbocycles. The average Bonchev–Trinajstić information content (AvgIpc) is 3.40. The van der Waals surface area contributed by atoms with Gasteiger partial charge in [0.1, 0.15) is 17.0 Å². The Balaban J connectivity index is 1.32. The van der Waals surface area contributed by atoms with Crippen LogP contribution in [0.25, 0.3) is 10.2 Å². The van der Waals surface area contributed by atoms with Gasteiger partial charge in [0, 0.05) is 36.5 Å². The lowest BCUT2D eigenvalue weighted by Crippen LogP contribution is -2.31. The Morgan fingerprint density at radius 1 is 1.03 bits per heavy atom. The summed E-state index contributed by atoms with van der Waals surface area (Å²) in [6, 6.07) is 12.2. The largest absolute Gasteiger partial charge is 0.393 e. The number of anilines is 1. The maximum atomic E-state index is 12.8. The minimum Gasteiger partial charge on any atom is -0.355 e. The molecule has 3 aromatic rings. The van der Waals surface area contributed by atoms with Crippen LogP contribution in [0, 0.1) is 5.41 Å². The normalized spacial score (nSPS) is 22.6. The molecule has 1 spiro atoms. The van der Waals surface area contributed by atoms with Crippen molar-refractivity contribution in [2.45, 2.75) is 32.0 Å². The van der Waals surface area contributed by atoms with Gasteiger partial charge in [-0.1, -0.05) is 30.3 Å². The first-order chi connectivity index (χ1) is 14.4. The van der Waals surface area contributed by atoms with Gasteiger partial charge in [0.05, 0.1) is 11.8 Å². The fraction of sp³-hybridized carbons (Fsp3) is 0.455. The van der Waals surface area contributed by atoms with Gasteiger partial charge in [-0.2, -0.15) is 13.2 Å². The molecule has 2 aliphatic rings. The Kier molecular flexibility index (Phi) is 4.94. The molecular weight excluding hydrogens is 409 g/mol. The molecule has 2 aromatic heterocycles. The predicted octanol–water partition coefficient (Wildman–Crippen LogP) is 4.90. The van der Waals surface area contributed by atoms with Crippen LogP contribution in [0.4, 0.5) is 19.0 Å². The van der Waals surface area contributed by atoms with Crippen LogP contribution < -0.4 is 4.90 Å². The van der Waals surface area contributed by atoms with E-state index in [1.807, 2.05) is 6.07 Å².